The van der Waals surface area contributed by atoms with E-state index in [0.717, 1.165) is 50.5 Å². The zero-order chi connectivity index (χ0) is 22.3. The highest BCUT2D eigenvalue weighted by Gasteiger charge is 2.21. The van der Waals surface area contributed by atoms with Gasteiger partial charge in [0.05, 0.1) is 41.4 Å². The fourth-order valence-electron chi connectivity index (χ4n) is 3.79. The summed E-state index contributed by atoms with van der Waals surface area (Å²) >= 11 is 1.63. The summed E-state index contributed by atoms with van der Waals surface area (Å²) in [6, 6.07) is 8.02. The lowest BCUT2D eigenvalue weighted by atomic mass is 10.1. The molecular formula is C21H24N6O3S2. The van der Waals surface area contributed by atoms with Gasteiger partial charge in [0.2, 0.25) is 10.0 Å². The summed E-state index contributed by atoms with van der Waals surface area (Å²) in [7, 11) is -1.60. The number of ether oxygens (including phenoxy) is 1. The normalized spacial score (nSPS) is 15.3. The third-order valence-corrected chi connectivity index (χ3v) is 8.18. The van der Waals surface area contributed by atoms with Crippen LogP contribution >= 0.6 is 11.3 Å². The van der Waals surface area contributed by atoms with E-state index >= 15 is 0 Å². The van der Waals surface area contributed by atoms with Crippen LogP contribution in [0.5, 0.6) is 0 Å². The smallest absolute Gasteiger partial charge is 0.210 e. The summed E-state index contributed by atoms with van der Waals surface area (Å²) < 4.78 is 31.4. The van der Waals surface area contributed by atoms with Crippen molar-refractivity contribution in [3.8, 4) is 11.4 Å². The molecule has 1 fully saturated rings. The Bertz CT molecular complexity index is 1370. The lowest BCUT2D eigenvalue weighted by Gasteiger charge is -2.28. The van der Waals surface area contributed by atoms with Crippen molar-refractivity contribution in [1.29, 1.82) is 0 Å². The molecule has 0 amide bonds. The second kappa shape index (κ2) is 8.39. The Morgan fingerprint density at radius 2 is 2.06 bits per heavy atom. The quantitative estimate of drug-likeness (QED) is 0.460. The van der Waals surface area contributed by atoms with E-state index in [2.05, 4.69) is 21.2 Å². The van der Waals surface area contributed by atoms with Gasteiger partial charge in [-0.3, -0.25) is 5.10 Å². The number of aromatic amines is 1. The molecule has 0 atom stereocenters. The lowest BCUT2D eigenvalue weighted by molar-refractivity contribution is 0.122. The molecule has 4 heterocycles. The van der Waals surface area contributed by atoms with Crippen LogP contribution < -0.4 is 4.90 Å². The average Bonchev–Trinajstić information content (AvgIpc) is 3.43. The van der Waals surface area contributed by atoms with Gasteiger partial charge in [0.1, 0.15) is 0 Å². The molecule has 9 nitrogen and oxygen atoms in total. The summed E-state index contributed by atoms with van der Waals surface area (Å²) in [5.41, 5.74) is 2.74. The van der Waals surface area contributed by atoms with Crippen molar-refractivity contribution in [2.24, 2.45) is 0 Å². The lowest BCUT2D eigenvalue weighted by Crippen LogP contribution is -2.36. The van der Waals surface area contributed by atoms with Gasteiger partial charge in [-0.1, -0.05) is 12.1 Å². The number of nitrogens with zero attached hydrogens (tertiary/aromatic N) is 5. The number of aromatic nitrogens is 4. The molecule has 1 N–H and O–H groups in total. The molecule has 5 rings (SSSR count). The van der Waals surface area contributed by atoms with Crippen LogP contribution in [0.2, 0.25) is 0 Å². The standard InChI is InChI=1S/C21H24N6O3S2/c1-26(32(2,28)29)7-6-14-12-18-19(31-14)21(27-8-10-30-11-9-27)24-20(23-18)15-4-3-5-17-16(15)13-22-25-17/h3-5,12-13H,6-11H2,1-2H3,(H,22,25). The number of sulfonamides is 1. The predicted octanol–water partition coefficient (Wildman–Crippen LogP) is 2.51. The number of nitrogens with one attached hydrogen (secondary N) is 1. The number of rotatable bonds is 6. The fourth-order valence-corrected chi connectivity index (χ4v) is 5.32. The minimum absolute atomic E-state index is 0.424. The van der Waals surface area contributed by atoms with Gasteiger partial charge in [-0.25, -0.2) is 22.7 Å². The van der Waals surface area contributed by atoms with E-state index in [0.29, 0.717) is 32.0 Å². The number of morpholine rings is 1. The van der Waals surface area contributed by atoms with Gasteiger partial charge in [0.15, 0.2) is 11.6 Å². The Labute approximate surface area is 190 Å². The number of hydrogen-bond acceptors (Lipinski definition) is 8. The molecule has 1 aliphatic heterocycles. The summed E-state index contributed by atoms with van der Waals surface area (Å²) in [6.45, 7) is 3.29. The molecule has 0 bridgehead atoms. The van der Waals surface area contributed by atoms with Crippen molar-refractivity contribution in [2.45, 2.75) is 6.42 Å². The van der Waals surface area contributed by atoms with E-state index in [-0.39, 0.29) is 0 Å². The van der Waals surface area contributed by atoms with E-state index in [4.69, 9.17) is 14.7 Å². The van der Waals surface area contributed by atoms with Crippen LogP contribution in [-0.2, 0) is 21.2 Å². The maximum atomic E-state index is 11.8. The predicted molar refractivity (Wildman–Crippen MR) is 127 cm³/mol. The number of anilines is 1. The van der Waals surface area contributed by atoms with Gasteiger partial charge < -0.3 is 9.64 Å². The van der Waals surface area contributed by atoms with Gasteiger partial charge in [-0.15, -0.1) is 11.3 Å². The largest absolute Gasteiger partial charge is 0.378 e. The third-order valence-electron chi connectivity index (χ3n) is 5.68. The second-order valence-corrected chi connectivity index (χ2v) is 11.1. The van der Waals surface area contributed by atoms with Crippen LogP contribution in [0.4, 0.5) is 5.82 Å². The molecule has 168 valence electrons. The van der Waals surface area contributed by atoms with Crippen molar-refractivity contribution in [3.63, 3.8) is 0 Å². The van der Waals surface area contributed by atoms with Crippen LogP contribution in [0.15, 0.2) is 30.5 Å². The number of likely N-dealkylation sites (N-methyl/N-ethyl adjacent to an activating group) is 1. The van der Waals surface area contributed by atoms with E-state index in [9.17, 15) is 8.42 Å². The summed E-state index contributed by atoms with van der Waals surface area (Å²) in [5, 5.41) is 8.15. The van der Waals surface area contributed by atoms with E-state index in [1.54, 1.807) is 24.6 Å². The highest BCUT2D eigenvalue weighted by atomic mass is 32.2. The SMILES string of the molecule is CN(CCc1cc2nc(-c3cccc4[nH]ncc34)nc(N3CCOCC3)c2s1)S(C)(=O)=O. The van der Waals surface area contributed by atoms with Crippen molar-refractivity contribution in [1.82, 2.24) is 24.5 Å². The molecule has 0 saturated carbocycles. The summed E-state index contributed by atoms with van der Waals surface area (Å²) in [5.74, 6) is 1.56. The molecule has 0 unspecified atom stereocenters. The molecule has 1 aliphatic rings. The number of H-pyrrole nitrogens is 1. The van der Waals surface area contributed by atoms with Gasteiger partial charge in [0, 0.05) is 42.5 Å². The van der Waals surface area contributed by atoms with Crippen LogP contribution in [-0.4, -0.2) is 79.0 Å². The van der Waals surface area contributed by atoms with Gasteiger partial charge in [0.25, 0.3) is 0 Å². The van der Waals surface area contributed by atoms with E-state index < -0.39 is 10.0 Å². The van der Waals surface area contributed by atoms with E-state index in [1.165, 1.54) is 10.6 Å². The Kier molecular flexibility index (Phi) is 5.58. The highest BCUT2D eigenvalue weighted by molar-refractivity contribution is 7.88. The molecular weight excluding hydrogens is 448 g/mol. The first kappa shape index (κ1) is 21.3. The van der Waals surface area contributed by atoms with Crippen LogP contribution in [0.1, 0.15) is 4.88 Å². The maximum absolute atomic E-state index is 11.8. The summed E-state index contributed by atoms with van der Waals surface area (Å²) in [6.07, 6.45) is 3.65. The number of benzene rings is 1. The van der Waals surface area contributed by atoms with Crippen LogP contribution in [0.3, 0.4) is 0 Å². The molecule has 1 saturated heterocycles. The minimum atomic E-state index is -3.21. The zero-order valence-electron chi connectivity index (χ0n) is 17.9. The first-order valence-corrected chi connectivity index (χ1v) is 13.0. The summed E-state index contributed by atoms with van der Waals surface area (Å²) in [4.78, 5) is 13.2. The Morgan fingerprint density at radius 3 is 2.84 bits per heavy atom. The molecule has 0 spiro atoms. The maximum Gasteiger partial charge on any atom is 0.210 e. The van der Waals surface area contributed by atoms with Crippen molar-refractivity contribution in [3.05, 3.63) is 35.3 Å². The van der Waals surface area contributed by atoms with Crippen molar-refractivity contribution >= 4 is 48.3 Å². The molecule has 11 heteroatoms. The zero-order valence-corrected chi connectivity index (χ0v) is 19.5. The second-order valence-electron chi connectivity index (χ2n) is 7.87. The topological polar surface area (TPSA) is 104 Å². The molecule has 4 aromatic rings. The van der Waals surface area contributed by atoms with Gasteiger partial charge >= 0.3 is 0 Å². The van der Waals surface area contributed by atoms with Gasteiger partial charge in [-0.05, 0) is 18.6 Å². The number of hydrogen-bond donors (Lipinski definition) is 1. The monoisotopic (exact) mass is 472 g/mol. The fraction of sp³-hybridized carbons (Fsp3) is 0.381. The molecule has 3 aromatic heterocycles. The van der Waals surface area contributed by atoms with E-state index in [1.807, 2.05) is 18.2 Å². The third kappa shape index (κ3) is 4.08. The Hall–Kier alpha value is -2.60. The molecule has 0 aliphatic carbocycles. The number of thiophene rings is 1. The van der Waals surface area contributed by atoms with Crippen molar-refractivity contribution < 1.29 is 13.2 Å². The van der Waals surface area contributed by atoms with Crippen LogP contribution in [0, 0.1) is 0 Å². The minimum Gasteiger partial charge on any atom is -0.378 e. The first-order chi connectivity index (χ1) is 15.4. The number of fused-ring (bicyclic) bond motifs is 2. The molecule has 1 aromatic carbocycles. The molecule has 32 heavy (non-hydrogen) atoms. The highest BCUT2D eigenvalue weighted by Crippen LogP contribution is 2.36. The van der Waals surface area contributed by atoms with Gasteiger partial charge in [-0.2, -0.15) is 5.10 Å². The Balaban J connectivity index is 1.59. The Morgan fingerprint density at radius 1 is 1.25 bits per heavy atom. The molecule has 0 radical (unpaired) electrons. The average molecular weight is 473 g/mol. The van der Waals surface area contributed by atoms with Crippen molar-refractivity contribution in [2.75, 3.05) is 51.1 Å². The van der Waals surface area contributed by atoms with Crippen LogP contribution in [0.25, 0.3) is 32.5 Å². The first-order valence-electron chi connectivity index (χ1n) is 10.4.